The van der Waals surface area contributed by atoms with E-state index < -0.39 is 24.3 Å². The van der Waals surface area contributed by atoms with Crippen LogP contribution in [0.25, 0.3) is 0 Å². The lowest BCUT2D eigenvalue weighted by atomic mass is 10.0. The molecule has 0 radical (unpaired) electrons. The number of carboxylic acid groups (broad SMARTS) is 1. The number of carbonyl (C=O) groups is 2. The second-order valence-corrected chi connectivity index (χ2v) is 5.38. The summed E-state index contributed by atoms with van der Waals surface area (Å²) in [6.07, 6.45) is -2.08. The number of nitrogens with zero attached hydrogens (tertiary/aromatic N) is 2. The van der Waals surface area contributed by atoms with Gasteiger partial charge < -0.3 is 24.7 Å². The number of likely N-dealkylation sites (N-methyl/N-ethyl adjacent to an activating group) is 1. The maximum absolute atomic E-state index is 12.1. The summed E-state index contributed by atoms with van der Waals surface area (Å²) in [5.74, 6) is 0. The highest BCUT2D eigenvalue weighted by Crippen LogP contribution is 2.16. The van der Waals surface area contributed by atoms with Crippen LogP contribution in [0.3, 0.4) is 0 Å². The van der Waals surface area contributed by atoms with Crippen LogP contribution in [0.4, 0.5) is 9.59 Å². The quantitative estimate of drug-likeness (QED) is 0.880. The van der Waals surface area contributed by atoms with Gasteiger partial charge in [-0.3, -0.25) is 0 Å². The van der Waals surface area contributed by atoms with Gasteiger partial charge in [0.2, 0.25) is 0 Å². The number of piperidine rings is 1. The van der Waals surface area contributed by atoms with Gasteiger partial charge in [-0.25, -0.2) is 9.59 Å². The zero-order valence-electron chi connectivity index (χ0n) is 12.4. The topological polar surface area (TPSA) is 90.3 Å². The molecule has 1 aliphatic heterocycles. The van der Waals surface area contributed by atoms with Crippen LogP contribution in [0, 0.1) is 0 Å². The normalized spacial score (nSPS) is 21.3. The third-order valence-electron chi connectivity index (χ3n) is 3.72. The van der Waals surface area contributed by atoms with Crippen LogP contribution in [-0.2, 0) is 11.3 Å². The van der Waals surface area contributed by atoms with Gasteiger partial charge in [0.1, 0.15) is 6.61 Å². The van der Waals surface area contributed by atoms with Crippen LogP contribution in [0.1, 0.15) is 12.0 Å². The number of amides is 2. The Labute approximate surface area is 128 Å². The van der Waals surface area contributed by atoms with Crippen LogP contribution < -0.4 is 0 Å². The molecule has 1 aromatic rings. The molecule has 7 heteroatoms. The van der Waals surface area contributed by atoms with Crippen LogP contribution in [-0.4, -0.2) is 64.5 Å². The lowest BCUT2D eigenvalue weighted by Crippen LogP contribution is -2.54. The number of aliphatic hydroxyl groups excluding tert-OH is 1. The van der Waals surface area contributed by atoms with Crippen molar-refractivity contribution < 1.29 is 24.5 Å². The maximum atomic E-state index is 12.1. The number of likely N-dealkylation sites (tertiary alicyclic amines) is 1. The molecule has 7 nitrogen and oxygen atoms in total. The molecule has 2 amide bonds. The lowest BCUT2D eigenvalue weighted by molar-refractivity contribution is 0.0173. The molecule has 1 saturated heterocycles. The highest BCUT2D eigenvalue weighted by molar-refractivity contribution is 5.68. The summed E-state index contributed by atoms with van der Waals surface area (Å²) < 4.78 is 5.21. The highest BCUT2D eigenvalue weighted by Gasteiger charge is 2.33. The fourth-order valence-corrected chi connectivity index (χ4v) is 2.45. The van der Waals surface area contributed by atoms with Crippen LogP contribution >= 0.6 is 0 Å². The SMILES string of the molecule is CN(C(=O)OCc1ccccc1)[C@@H]1C[C@@H](O)CN(C(=O)O)C1. The highest BCUT2D eigenvalue weighted by atomic mass is 16.6. The van der Waals surface area contributed by atoms with E-state index in [0.29, 0.717) is 6.42 Å². The lowest BCUT2D eigenvalue weighted by Gasteiger charge is -2.38. The van der Waals surface area contributed by atoms with E-state index in [2.05, 4.69) is 0 Å². The number of rotatable bonds is 3. The summed E-state index contributed by atoms with van der Waals surface area (Å²) in [6, 6.07) is 8.89. The Morgan fingerprint density at radius 1 is 1.32 bits per heavy atom. The van der Waals surface area contributed by atoms with Crippen molar-refractivity contribution in [3.05, 3.63) is 35.9 Å². The summed E-state index contributed by atoms with van der Waals surface area (Å²) in [4.78, 5) is 25.5. The van der Waals surface area contributed by atoms with Gasteiger partial charge in [-0.15, -0.1) is 0 Å². The second-order valence-electron chi connectivity index (χ2n) is 5.38. The van der Waals surface area contributed by atoms with Gasteiger partial charge in [0.25, 0.3) is 0 Å². The molecular weight excluding hydrogens is 288 g/mol. The molecule has 2 atom stereocenters. The summed E-state index contributed by atoms with van der Waals surface area (Å²) in [7, 11) is 1.55. The van der Waals surface area contributed by atoms with Gasteiger partial charge >= 0.3 is 12.2 Å². The fourth-order valence-electron chi connectivity index (χ4n) is 2.45. The van der Waals surface area contributed by atoms with Gasteiger partial charge in [-0.1, -0.05) is 30.3 Å². The summed E-state index contributed by atoms with van der Waals surface area (Å²) in [6.45, 7) is 0.393. The molecule has 1 heterocycles. The molecule has 0 saturated carbocycles. The molecule has 0 aromatic heterocycles. The van der Waals surface area contributed by atoms with E-state index in [1.165, 1.54) is 4.90 Å². The third-order valence-corrected chi connectivity index (χ3v) is 3.72. The number of aliphatic hydroxyl groups is 1. The number of β-amino-alcohol motifs (C(OH)–C–C–N with tert-alkyl or cyclic N) is 1. The average Bonchev–Trinajstić information content (AvgIpc) is 2.52. The van der Waals surface area contributed by atoms with Crippen molar-refractivity contribution in [1.82, 2.24) is 9.80 Å². The molecule has 1 fully saturated rings. The van der Waals surface area contributed by atoms with Crippen LogP contribution in [0.15, 0.2) is 30.3 Å². The zero-order valence-corrected chi connectivity index (χ0v) is 12.4. The van der Waals surface area contributed by atoms with Gasteiger partial charge in [-0.05, 0) is 12.0 Å². The first kappa shape index (κ1) is 16.1. The van der Waals surface area contributed by atoms with E-state index >= 15 is 0 Å². The molecule has 0 bridgehead atoms. The Hall–Kier alpha value is -2.28. The molecular formula is C15H20N2O5. The Kier molecular flexibility index (Phi) is 5.21. The number of benzene rings is 1. The van der Waals surface area contributed by atoms with Crippen molar-refractivity contribution in [2.24, 2.45) is 0 Å². The van der Waals surface area contributed by atoms with Crippen molar-refractivity contribution in [1.29, 1.82) is 0 Å². The van der Waals surface area contributed by atoms with E-state index in [-0.39, 0.29) is 19.7 Å². The third kappa shape index (κ3) is 4.11. The van der Waals surface area contributed by atoms with E-state index in [0.717, 1.165) is 10.5 Å². The van der Waals surface area contributed by atoms with Crippen molar-refractivity contribution in [2.75, 3.05) is 20.1 Å². The summed E-state index contributed by atoms with van der Waals surface area (Å²) >= 11 is 0. The second kappa shape index (κ2) is 7.13. The largest absolute Gasteiger partial charge is 0.465 e. The van der Waals surface area contributed by atoms with Crippen molar-refractivity contribution >= 4 is 12.2 Å². The van der Waals surface area contributed by atoms with Gasteiger partial charge in [0.15, 0.2) is 0 Å². The molecule has 1 aromatic carbocycles. The maximum Gasteiger partial charge on any atom is 0.410 e. The fraction of sp³-hybridized carbons (Fsp3) is 0.467. The molecule has 120 valence electrons. The van der Waals surface area contributed by atoms with E-state index in [1.54, 1.807) is 7.05 Å². The van der Waals surface area contributed by atoms with Crippen LogP contribution in [0.2, 0.25) is 0 Å². The number of hydrogen-bond acceptors (Lipinski definition) is 4. The molecule has 0 aliphatic carbocycles. The molecule has 2 rings (SSSR count). The van der Waals surface area contributed by atoms with Gasteiger partial charge in [0.05, 0.1) is 18.7 Å². The Morgan fingerprint density at radius 3 is 2.64 bits per heavy atom. The standard InChI is InChI=1S/C15H20N2O5/c1-16(12-7-13(18)9-17(8-12)14(19)20)15(21)22-10-11-5-3-2-4-6-11/h2-6,12-13,18H,7-10H2,1H3,(H,19,20)/t12-,13-/m1/s1. The first-order valence-corrected chi connectivity index (χ1v) is 7.07. The number of hydrogen-bond donors (Lipinski definition) is 2. The first-order valence-electron chi connectivity index (χ1n) is 7.07. The monoisotopic (exact) mass is 308 g/mol. The first-order chi connectivity index (χ1) is 10.5. The Bertz CT molecular complexity index is 522. The van der Waals surface area contributed by atoms with E-state index in [4.69, 9.17) is 9.84 Å². The minimum atomic E-state index is -1.10. The Balaban J connectivity index is 1.90. The zero-order chi connectivity index (χ0) is 16.1. The molecule has 0 unspecified atom stereocenters. The van der Waals surface area contributed by atoms with Crippen molar-refractivity contribution in [3.63, 3.8) is 0 Å². The average molecular weight is 308 g/mol. The van der Waals surface area contributed by atoms with Crippen molar-refractivity contribution in [3.8, 4) is 0 Å². The number of ether oxygens (including phenoxy) is 1. The van der Waals surface area contributed by atoms with Crippen molar-refractivity contribution in [2.45, 2.75) is 25.2 Å². The number of carbonyl (C=O) groups excluding carboxylic acids is 1. The van der Waals surface area contributed by atoms with Crippen LogP contribution in [0.5, 0.6) is 0 Å². The molecule has 22 heavy (non-hydrogen) atoms. The summed E-state index contributed by atoms with van der Waals surface area (Å²) in [5.41, 5.74) is 0.875. The summed E-state index contributed by atoms with van der Waals surface area (Å²) in [5, 5.41) is 18.8. The predicted octanol–water partition coefficient (Wildman–Crippen LogP) is 1.37. The minimum absolute atomic E-state index is 0.0682. The van der Waals surface area contributed by atoms with Gasteiger partial charge in [-0.2, -0.15) is 0 Å². The Morgan fingerprint density at radius 2 is 2.00 bits per heavy atom. The van der Waals surface area contributed by atoms with E-state index in [1.807, 2.05) is 30.3 Å². The molecule has 0 spiro atoms. The molecule has 2 N–H and O–H groups in total. The molecule has 1 aliphatic rings. The minimum Gasteiger partial charge on any atom is -0.465 e. The van der Waals surface area contributed by atoms with E-state index in [9.17, 15) is 14.7 Å². The van der Waals surface area contributed by atoms with Gasteiger partial charge in [0, 0.05) is 13.6 Å². The predicted molar refractivity (Wildman–Crippen MR) is 78.4 cm³/mol. The smallest absolute Gasteiger partial charge is 0.410 e.